The summed E-state index contributed by atoms with van der Waals surface area (Å²) < 4.78 is 5.24. The van der Waals surface area contributed by atoms with Crippen molar-refractivity contribution in [2.24, 2.45) is 0 Å². The number of carbonyl (C=O) groups excluding carboxylic acids is 2. The van der Waals surface area contributed by atoms with Crippen molar-refractivity contribution < 1.29 is 14.3 Å². The Kier molecular flexibility index (Phi) is 6.29. The number of rotatable bonds is 7. The first kappa shape index (κ1) is 16.7. The number of nitrogens with one attached hydrogen (secondary N) is 1. The Hall–Kier alpha value is -2.69. The molecule has 1 amide bonds. The van der Waals surface area contributed by atoms with Crippen molar-refractivity contribution in [2.75, 3.05) is 11.9 Å². The molecule has 1 N–H and O–H groups in total. The molecule has 0 unspecified atom stereocenters. The van der Waals surface area contributed by atoms with Crippen molar-refractivity contribution in [1.82, 2.24) is 4.98 Å². The lowest BCUT2D eigenvalue weighted by Crippen LogP contribution is -2.10. The minimum absolute atomic E-state index is 0.119. The SMILES string of the molecule is CC(=O)Nc1ccc(CC(=O)OCCCc2ccncc2)cc1. The summed E-state index contributed by atoms with van der Waals surface area (Å²) in [5, 5.41) is 2.68. The lowest BCUT2D eigenvalue weighted by molar-refractivity contribution is -0.142. The molecule has 0 fully saturated rings. The molecule has 0 radical (unpaired) electrons. The average Bonchev–Trinajstić information content (AvgIpc) is 2.54. The van der Waals surface area contributed by atoms with Crippen LogP contribution in [0.15, 0.2) is 48.8 Å². The van der Waals surface area contributed by atoms with Crippen LogP contribution in [0, 0.1) is 0 Å². The maximum atomic E-state index is 11.8. The Balaban J connectivity index is 1.69. The number of hydrogen-bond donors (Lipinski definition) is 1. The number of carbonyl (C=O) groups is 2. The monoisotopic (exact) mass is 312 g/mol. The van der Waals surface area contributed by atoms with Gasteiger partial charge in [0.15, 0.2) is 0 Å². The van der Waals surface area contributed by atoms with Gasteiger partial charge in [-0.15, -0.1) is 0 Å². The van der Waals surface area contributed by atoms with Gasteiger partial charge >= 0.3 is 5.97 Å². The van der Waals surface area contributed by atoms with E-state index in [0.29, 0.717) is 12.3 Å². The van der Waals surface area contributed by atoms with Gasteiger partial charge in [0.05, 0.1) is 13.0 Å². The Morgan fingerprint density at radius 2 is 1.74 bits per heavy atom. The normalized spacial score (nSPS) is 10.1. The van der Waals surface area contributed by atoms with E-state index >= 15 is 0 Å². The fraction of sp³-hybridized carbons (Fsp3) is 0.278. The largest absolute Gasteiger partial charge is 0.465 e. The van der Waals surface area contributed by atoms with Gasteiger partial charge in [-0.05, 0) is 48.2 Å². The Morgan fingerprint density at radius 1 is 1.04 bits per heavy atom. The smallest absolute Gasteiger partial charge is 0.310 e. The molecule has 1 aromatic carbocycles. The van der Waals surface area contributed by atoms with Crippen molar-refractivity contribution in [3.8, 4) is 0 Å². The molecule has 120 valence electrons. The summed E-state index contributed by atoms with van der Waals surface area (Å²) in [6.07, 6.45) is 5.39. The zero-order chi connectivity index (χ0) is 16.5. The summed E-state index contributed by atoms with van der Waals surface area (Å²) in [5.41, 5.74) is 2.76. The zero-order valence-electron chi connectivity index (χ0n) is 13.1. The third kappa shape index (κ3) is 6.30. The number of esters is 1. The predicted octanol–water partition coefficient (Wildman–Crippen LogP) is 2.76. The molecule has 0 bridgehead atoms. The van der Waals surface area contributed by atoms with Gasteiger partial charge in [-0.25, -0.2) is 0 Å². The van der Waals surface area contributed by atoms with Crippen molar-refractivity contribution in [1.29, 1.82) is 0 Å². The van der Waals surface area contributed by atoms with E-state index in [1.54, 1.807) is 24.5 Å². The van der Waals surface area contributed by atoms with Gasteiger partial charge in [-0.2, -0.15) is 0 Å². The second-order valence-corrected chi connectivity index (χ2v) is 5.23. The standard InChI is InChI=1S/C18H20N2O3/c1-14(21)20-17-6-4-16(5-7-17)13-18(22)23-12-2-3-15-8-10-19-11-9-15/h4-11H,2-3,12-13H2,1H3,(H,20,21). The number of aromatic nitrogens is 1. The van der Waals surface area contributed by atoms with E-state index in [2.05, 4.69) is 10.3 Å². The highest BCUT2D eigenvalue weighted by Crippen LogP contribution is 2.10. The molecular formula is C18H20N2O3. The third-order valence-corrected chi connectivity index (χ3v) is 3.24. The van der Waals surface area contributed by atoms with E-state index in [-0.39, 0.29) is 18.3 Å². The number of nitrogens with zero attached hydrogens (tertiary/aromatic N) is 1. The number of amides is 1. The Bertz CT molecular complexity index is 639. The van der Waals surface area contributed by atoms with Crippen LogP contribution in [0.2, 0.25) is 0 Å². The predicted molar refractivity (Wildman–Crippen MR) is 88.0 cm³/mol. The van der Waals surface area contributed by atoms with Gasteiger partial charge in [0, 0.05) is 25.0 Å². The summed E-state index contributed by atoms with van der Waals surface area (Å²) in [6, 6.07) is 11.1. The molecule has 0 atom stereocenters. The molecule has 0 aliphatic rings. The number of hydrogen-bond acceptors (Lipinski definition) is 4. The molecule has 2 aromatic rings. The van der Waals surface area contributed by atoms with E-state index in [0.717, 1.165) is 18.4 Å². The number of benzene rings is 1. The van der Waals surface area contributed by atoms with Crippen LogP contribution in [-0.2, 0) is 27.2 Å². The van der Waals surface area contributed by atoms with Crippen molar-refractivity contribution in [3.63, 3.8) is 0 Å². The minimum atomic E-state index is -0.244. The Labute approximate surface area is 135 Å². The molecule has 0 aliphatic heterocycles. The topological polar surface area (TPSA) is 68.3 Å². The first-order chi connectivity index (χ1) is 11.1. The molecule has 1 aromatic heterocycles. The van der Waals surface area contributed by atoms with Crippen LogP contribution in [0.5, 0.6) is 0 Å². The second-order valence-electron chi connectivity index (χ2n) is 5.23. The van der Waals surface area contributed by atoms with Crippen LogP contribution < -0.4 is 5.32 Å². The second kappa shape index (κ2) is 8.68. The van der Waals surface area contributed by atoms with Crippen LogP contribution in [0.4, 0.5) is 5.69 Å². The fourth-order valence-electron chi connectivity index (χ4n) is 2.14. The molecule has 1 heterocycles. The number of anilines is 1. The highest BCUT2D eigenvalue weighted by atomic mass is 16.5. The first-order valence-corrected chi connectivity index (χ1v) is 7.54. The molecule has 0 saturated carbocycles. The van der Waals surface area contributed by atoms with Gasteiger partial charge in [-0.1, -0.05) is 12.1 Å². The van der Waals surface area contributed by atoms with Crippen LogP contribution in [-0.4, -0.2) is 23.5 Å². The van der Waals surface area contributed by atoms with E-state index in [1.165, 1.54) is 12.5 Å². The van der Waals surface area contributed by atoms with Gasteiger partial charge in [0.2, 0.25) is 5.91 Å². The molecule has 2 rings (SSSR count). The summed E-state index contributed by atoms with van der Waals surface area (Å²) in [6.45, 7) is 1.86. The summed E-state index contributed by atoms with van der Waals surface area (Å²) in [5.74, 6) is -0.363. The maximum absolute atomic E-state index is 11.8. The quantitative estimate of drug-likeness (QED) is 0.630. The van der Waals surface area contributed by atoms with Crippen molar-refractivity contribution >= 4 is 17.6 Å². The van der Waals surface area contributed by atoms with Gasteiger partial charge < -0.3 is 10.1 Å². The average molecular weight is 312 g/mol. The number of pyridine rings is 1. The third-order valence-electron chi connectivity index (χ3n) is 3.24. The van der Waals surface area contributed by atoms with E-state index in [1.807, 2.05) is 24.3 Å². The van der Waals surface area contributed by atoms with Gasteiger partial charge in [0.1, 0.15) is 0 Å². The van der Waals surface area contributed by atoms with Gasteiger partial charge in [-0.3, -0.25) is 14.6 Å². The molecule has 0 saturated heterocycles. The van der Waals surface area contributed by atoms with E-state index in [9.17, 15) is 9.59 Å². The van der Waals surface area contributed by atoms with Crippen LogP contribution in [0.25, 0.3) is 0 Å². The van der Waals surface area contributed by atoms with Crippen molar-refractivity contribution in [3.05, 3.63) is 59.9 Å². The van der Waals surface area contributed by atoms with Crippen LogP contribution in [0.1, 0.15) is 24.5 Å². The molecule has 0 spiro atoms. The number of aryl methyl sites for hydroxylation is 1. The van der Waals surface area contributed by atoms with Crippen LogP contribution >= 0.6 is 0 Å². The van der Waals surface area contributed by atoms with Crippen LogP contribution in [0.3, 0.4) is 0 Å². The minimum Gasteiger partial charge on any atom is -0.465 e. The maximum Gasteiger partial charge on any atom is 0.310 e. The van der Waals surface area contributed by atoms with Gasteiger partial charge in [0.25, 0.3) is 0 Å². The zero-order valence-corrected chi connectivity index (χ0v) is 13.1. The number of ether oxygens (including phenoxy) is 1. The highest BCUT2D eigenvalue weighted by Gasteiger charge is 2.05. The molecule has 5 nitrogen and oxygen atoms in total. The fourth-order valence-corrected chi connectivity index (χ4v) is 2.14. The highest BCUT2D eigenvalue weighted by molar-refractivity contribution is 5.88. The molecule has 0 aliphatic carbocycles. The van der Waals surface area contributed by atoms with E-state index in [4.69, 9.17) is 4.74 Å². The lowest BCUT2D eigenvalue weighted by atomic mass is 10.1. The molecular weight excluding hydrogens is 292 g/mol. The molecule has 5 heteroatoms. The summed E-state index contributed by atoms with van der Waals surface area (Å²) >= 11 is 0. The Morgan fingerprint density at radius 3 is 2.39 bits per heavy atom. The van der Waals surface area contributed by atoms with Crippen molar-refractivity contribution in [2.45, 2.75) is 26.2 Å². The first-order valence-electron chi connectivity index (χ1n) is 7.54. The summed E-state index contributed by atoms with van der Waals surface area (Å²) in [4.78, 5) is 26.7. The lowest BCUT2D eigenvalue weighted by Gasteiger charge is -2.06. The van der Waals surface area contributed by atoms with E-state index < -0.39 is 0 Å². The summed E-state index contributed by atoms with van der Waals surface area (Å²) in [7, 11) is 0. The molecule has 23 heavy (non-hydrogen) atoms.